The molecule has 0 bridgehead atoms. The predicted molar refractivity (Wildman–Crippen MR) is 158 cm³/mol. The van der Waals surface area contributed by atoms with Crippen LogP contribution in [0.1, 0.15) is 63.7 Å². The first-order chi connectivity index (χ1) is 20.9. The van der Waals surface area contributed by atoms with Gasteiger partial charge in [-0.05, 0) is 49.9 Å². The van der Waals surface area contributed by atoms with Crippen LogP contribution in [0.5, 0.6) is 0 Å². The molecule has 4 rings (SSSR count). The van der Waals surface area contributed by atoms with Crippen molar-refractivity contribution in [3.05, 3.63) is 142 Å². The third kappa shape index (κ3) is 19.2. The molecule has 0 saturated heterocycles. The summed E-state index contributed by atoms with van der Waals surface area (Å²) < 4.78 is 0. The SMILES string of the molecule is CO.CO.Cc1ccccc1C(=O)[O-].Cc1ccccc1C(=O)[O-].Cc1ccccc1C(=O)[O-].Cc1ccccc1C(=O)[O-].[Cu+2].[Cu+2]. The quantitative estimate of drug-likeness (QED) is 0.281. The molecule has 12 heteroatoms. The molecule has 46 heavy (non-hydrogen) atoms. The molecule has 2 radical (unpaired) electrons. The number of hydrogen-bond acceptors (Lipinski definition) is 10. The predicted octanol–water partition coefficient (Wildman–Crippen LogP) is 0.646. The normalized spacial score (nSPS) is 8.35. The van der Waals surface area contributed by atoms with Gasteiger partial charge in [0.25, 0.3) is 0 Å². The molecule has 0 saturated carbocycles. The number of carbonyl (C=O) groups excluding carboxylic acids is 4. The Morgan fingerprint density at radius 1 is 0.370 bits per heavy atom. The Bertz CT molecular complexity index is 1250. The minimum atomic E-state index is -1.11. The largest absolute Gasteiger partial charge is 2.00 e. The second-order valence-corrected chi connectivity index (χ2v) is 8.41. The zero-order chi connectivity index (χ0) is 34.2. The fourth-order valence-electron chi connectivity index (χ4n) is 3.21. The van der Waals surface area contributed by atoms with Gasteiger partial charge in [0.05, 0.1) is 23.9 Å². The van der Waals surface area contributed by atoms with E-state index in [1.807, 2.05) is 0 Å². The molecule has 4 aromatic carbocycles. The summed E-state index contributed by atoms with van der Waals surface area (Å²) in [6, 6.07) is 27.0. The zero-order valence-electron chi connectivity index (χ0n) is 26.0. The molecule has 0 spiro atoms. The molecule has 0 unspecified atom stereocenters. The number of aliphatic hydroxyl groups is 2. The van der Waals surface area contributed by atoms with E-state index in [2.05, 4.69) is 0 Å². The van der Waals surface area contributed by atoms with Gasteiger partial charge in [-0.1, -0.05) is 97.1 Å². The molecule has 10 nitrogen and oxygen atoms in total. The number of aryl methyl sites for hydroxylation is 4. The van der Waals surface area contributed by atoms with Crippen molar-refractivity contribution in [1.29, 1.82) is 0 Å². The fraction of sp³-hybridized carbons (Fsp3) is 0.176. The summed E-state index contributed by atoms with van der Waals surface area (Å²) in [5.74, 6) is -4.45. The summed E-state index contributed by atoms with van der Waals surface area (Å²) in [6.07, 6.45) is 0. The van der Waals surface area contributed by atoms with Gasteiger partial charge in [0.2, 0.25) is 0 Å². The van der Waals surface area contributed by atoms with E-state index in [1.54, 1.807) is 100 Å². The van der Waals surface area contributed by atoms with E-state index < -0.39 is 23.9 Å². The molecular weight excluding hydrogens is 695 g/mol. The van der Waals surface area contributed by atoms with Gasteiger partial charge in [0, 0.05) is 36.5 Å². The number of carboxylic acid groups (broad SMARTS) is 4. The van der Waals surface area contributed by atoms with Crippen molar-refractivity contribution in [3.8, 4) is 0 Å². The van der Waals surface area contributed by atoms with Gasteiger partial charge < -0.3 is 49.8 Å². The minimum Gasteiger partial charge on any atom is -0.545 e. The number of aromatic carboxylic acids is 4. The first-order valence-corrected chi connectivity index (χ1v) is 12.8. The number of rotatable bonds is 4. The van der Waals surface area contributed by atoms with Gasteiger partial charge >= 0.3 is 34.1 Å². The molecule has 0 fully saturated rings. The summed E-state index contributed by atoms with van der Waals surface area (Å²) in [4.78, 5) is 41.2. The van der Waals surface area contributed by atoms with Crippen LogP contribution in [0.2, 0.25) is 0 Å². The van der Waals surface area contributed by atoms with E-state index in [1.165, 1.54) is 24.3 Å². The first kappa shape index (κ1) is 48.6. The Morgan fingerprint density at radius 2 is 0.500 bits per heavy atom. The van der Waals surface area contributed by atoms with E-state index >= 15 is 0 Å². The topological polar surface area (TPSA) is 201 Å². The van der Waals surface area contributed by atoms with Crippen molar-refractivity contribution >= 4 is 23.9 Å². The number of hydrogen-bond donors (Lipinski definition) is 2. The third-order valence-corrected chi connectivity index (χ3v) is 5.46. The number of aliphatic hydroxyl groups excluding tert-OH is 2. The molecule has 2 N–H and O–H groups in total. The van der Waals surface area contributed by atoms with E-state index in [4.69, 9.17) is 10.2 Å². The summed E-state index contributed by atoms with van der Waals surface area (Å²) >= 11 is 0. The van der Waals surface area contributed by atoms with Gasteiger partial charge in [0.1, 0.15) is 0 Å². The van der Waals surface area contributed by atoms with Crippen molar-refractivity contribution in [1.82, 2.24) is 0 Å². The minimum absolute atomic E-state index is 0. The second-order valence-electron chi connectivity index (χ2n) is 8.41. The van der Waals surface area contributed by atoms with Crippen LogP contribution in [0, 0.1) is 27.7 Å². The molecule has 4 aromatic rings. The van der Waals surface area contributed by atoms with Crippen LogP contribution in [0.15, 0.2) is 97.1 Å². The zero-order valence-corrected chi connectivity index (χ0v) is 27.9. The summed E-state index contributed by atoms with van der Waals surface area (Å²) in [7, 11) is 2.00. The molecule has 0 aliphatic carbocycles. The van der Waals surface area contributed by atoms with E-state index in [0.717, 1.165) is 36.5 Å². The van der Waals surface area contributed by atoms with Crippen LogP contribution in [0.3, 0.4) is 0 Å². The Balaban J connectivity index is -0.000000243. The van der Waals surface area contributed by atoms with E-state index in [9.17, 15) is 39.6 Å². The Kier molecular flexibility index (Phi) is 29.8. The van der Waals surface area contributed by atoms with Crippen LogP contribution < -0.4 is 20.4 Å². The van der Waals surface area contributed by atoms with Gasteiger partial charge in [-0.2, -0.15) is 0 Å². The van der Waals surface area contributed by atoms with Crippen LogP contribution >= 0.6 is 0 Å². The van der Waals surface area contributed by atoms with Crippen molar-refractivity contribution in [2.75, 3.05) is 14.2 Å². The average molecular weight is 732 g/mol. The Labute approximate surface area is 290 Å². The number of carboxylic acids is 4. The molecule has 0 heterocycles. The second kappa shape index (κ2) is 28.2. The first-order valence-electron chi connectivity index (χ1n) is 12.8. The molecule has 254 valence electrons. The van der Waals surface area contributed by atoms with Crippen molar-refractivity contribution in [3.63, 3.8) is 0 Å². The van der Waals surface area contributed by atoms with Crippen LogP contribution in [-0.4, -0.2) is 48.3 Å². The van der Waals surface area contributed by atoms with Crippen molar-refractivity contribution < 1.29 is 84.0 Å². The van der Waals surface area contributed by atoms with Crippen LogP contribution in [-0.2, 0) is 34.1 Å². The molecule has 0 amide bonds. The average Bonchev–Trinajstić information content (AvgIpc) is 3.00. The van der Waals surface area contributed by atoms with Gasteiger partial charge in [0.15, 0.2) is 0 Å². The molecule has 0 aliphatic heterocycles. The van der Waals surface area contributed by atoms with E-state index in [-0.39, 0.29) is 56.4 Å². The smallest absolute Gasteiger partial charge is 0.545 e. The summed E-state index contributed by atoms with van der Waals surface area (Å²) in [5, 5.41) is 55.2. The van der Waals surface area contributed by atoms with Crippen molar-refractivity contribution in [2.24, 2.45) is 0 Å². The maximum Gasteiger partial charge on any atom is 2.00 e. The number of benzene rings is 4. The monoisotopic (exact) mass is 730 g/mol. The van der Waals surface area contributed by atoms with Gasteiger partial charge in [-0.3, -0.25) is 0 Å². The van der Waals surface area contributed by atoms with Crippen molar-refractivity contribution in [2.45, 2.75) is 27.7 Å². The molecule has 0 atom stereocenters. The Morgan fingerprint density at radius 3 is 0.587 bits per heavy atom. The van der Waals surface area contributed by atoms with Crippen LogP contribution in [0.25, 0.3) is 0 Å². The summed E-state index contributed by atoms with van der Waals surface area (Å²) in [6.45, 7) is 6.96. The Hall–Kier alpha value is -4.28. The summed E-state index contributed by atoms with van der Waals surface area (Å²) in [5.41, 5.74) is 4.02. The van der Waals surface area contributed by atoms with Crippen LogP contribution in [0.4, 0.5) is 0 Å². The standard InChI is InChI=1S/4C8H8O2.2CH4O.2Cu/c4*1-6-4-2-3-5-7(6)8(9)10;2*1-2;;/h4*2-5H,1H3,(H,9,10);2*2H,1H3;;/q;;;;;;2*+2/p-4. The molecule has 0 aliphatic rings. The van der Waals surface area contributed by atoms with Gasteiger partial charge in [-0.15, -0.1) is 0 Å². The fourth-order valence-corrected chi connectivity index (χ4v) is 3.21. The third-order valence-electron chi connectivity index (χ3n) is 5.46. The maximum atomic E-state index is 10.3. The molecule has 0 aromatic heterocycles. The van der Waals surface area contributed by atoms with Gasteiger partial charge in [-0.25, -0.2) is 0 Å². The molecular formula is C34H36Cu2O10. The number of carbonyl (C=O) groups is 4. The van der Waals surface area contributed by atoms with E-state index in [0.29, 0.717) is 0 Å². The maximum absolute atomic E-state index is 10.3.